The van der Waals surface area contributed by atoms with Gasteiger partial charge in [-0.3, -0.25) is 4.79 Å². The molecule has 1 aromatic carbocycles. The zero-order chi connectivity index (χ0) is 18.8. The number of carbonyl (C=O) groups excluding carboxylic acids is 3. The van der Waals surface area contributed by atoms with Crippen LogP contribution in [0.4, 0.5) is 0 Å². The van der Waals surface area contributed by atoms with Gasteiger partial charge in [0.1, 0.15) is 11.8 Å². The van der Waals surface area contributed by atoms with Crippen molar-refractivity contribution < 1.29 is 28.6 Å². The third-order valence-corrected chi connectivity index (χ3v) is 3.99. The molecule has 0 radical (unpaired) electrons. The largest absolute Gasteiger partial charge is 0.482 e. The number of halogens is 1. The quantitative estimate of drug-likeness (QED) is 0.620. The number of amides is 1. The van der Waals surface area contributed by atoms with Gasteiger partial charge < -0.3 is 19.5 Å². The summed E-state index contributed by atoms with van der Waals surface area (Å²) < 4.78 is 15.6. The maximum absolute atomic E-state index is 11.9. The number of hydrogen-bond acceptors (Lipinski definition) is 6. The Balaban J connectivity index is 2.41. The predicted molar refractivity (Wildman–Crippen MR) is 94.0 cm³/mol. The lowest BCUT2D eigenvalue weighted by Gasteiger charge is -2.21. The minimum atomic E-state index is -0.779. The molecule has 0 aliphatic rings. The molecule has 1 amide bonds. The standard InChI is InChI=1S/C17H22BrNO6/c1-4-11(2)16(17(22)23-3)19-14(20)9-25-15(21)10-24-13-7-5-6-12(18)8-13/h5-8,11,16H,4,9-10H2,1-3H3,(H,19,20)/t11-,16+/m1/s1. The smallest absolute Gasteiger partial charge is 0.344 e. The van der Waals surface area contributed by atoms with Crippen LogP contribution in [-0.4, -0.2) is 44.2 Å². The lowest BCUT2D eigenvalue weighted by atomic mass is 9.99. The summed E-state index contributed by atoms with van der Waals surface area (Å²) in [6, 6.07) is 6.20. The highest BCUT2D eigenvalue weighted by atomic mass is 79.9. The summed E-state index contributed by atoms with van der Waals surface area (Å²) in [4.78, 5) is 35.2. The highest BCUT2D eigenvalue weighted by Crippen LogP contribution is 2.17. The molecule has 7 nitrogen and oxygen atoms in total. The third kappa shape index (κ3) is 7.55. The van der Waals surface area contributed by atoms with E-state index in [1.165, 1.54) is 7.11 Å². The van der Waals surface area contributed by atoms with Gasteiger partial charge in [0.15, 0.2) is 13.2 Å². The monoisotopic (exact) mass is 415 g/mol. The Labute approximate surface area is 155 Å². The second kappa shape index (κ2) is 10.7. The van der Waals surface area contributed by atoms with Gasteiger partial charge >= 0.3 is 11.9 Å². The van der Waals surface area contributed by atoms with Crippen LogP contribution >= 0.6 is 15.9 Å². The fraction of sp³-hybridized carbons (Fsp3) is 0.471. The molecule has 0 unspecified atom stereocenters. The van der Waals surface area contributed by atoms with Gasteiger partial charge in [0.25, 0.3) is 5.91 Å². The van der Waals surface area contributed by atoms with E-state index in [-0.39, 0.29) is 12.5 Å². The van der Waals surface area contributed by atoms with Gasteiger partial charge in [-0.1, -0.05) is 42.3 Å². The lowest BCUT2D eigenvalue weighted by molar-refractivity contribution is -0.152. The number of methoxy groups -OCH3 is 1. The summed E-state index contributed by atoms with van der Waals surface area (Å²) >= 11 is 3.29. The summed E-state index contributed by atoms with van der Waals surface area (Å²) in [5, 5.41) is 2.52. The Morgan fingerprint density at radius 1 is 1.24 bits per heavy atom. The highest BCUT2D eigenvalue weighted by Gasteiger charge is 2.26. The number of nitrogens with one attached hydrogen (secondary N) is 1. The number of benzene rings is 1. The average Bonchev–Trinajstić information content (AvgIpc) is 2.61. The van der Waals surface area contributed by atoms with Gasteiger partial charge in [-0.25, -0.2) is 9.59 Å². The van der Waals surface area contributed by atoms with Crippen LogP contribution in [0.15, 0.2) is 28.7 Å². The van der Waals surface area contributed by atoms with Crippen molar-refractivity contribution in [2.45, 2.75) is 26.3 Å². The van der Waals surface area contributed by atoms with Gasteiger partial charge in [0, 0.05) is 4.47 Å². The fourth-order valence-corrected chi connectivity index (χ4v) is 2.28. The zero-order valence-electron chi connectivity index (χ0n) is 14.4. The highest BCUT2D eigenvalue weighted by molar-refractivity contribution is 9.10. The van der Waals surface area contributed by atoms with Crippen LogP contribution in [0.5, 0.6) is 5.75 Å². The van der Waals surface area contributed by atoms with Crippen LogP contribution in [0.25, 0.3) is 0 Å². The van der Waals surface area contributed by atoms with E-state index in [1.807, 2.05) is 19.9 Å². The Morgan fingerprint density at radius 2 is 1.96 bits per heavy atom. The summed E-state index contributed by atoms with van der Waals surface area (Å²) in [5.74, 6) is -1.41. The molecular weight excluding hydrogens is 394 g/mol. The predicted octanol–water partition coefficient (Wildman–Crippen LogP) is 2.07. The van der Waals surface area contributed by atoms with E-state index in [4.69, 9.17) is 9.47 Å². The molecule has 25 heavy (non-hydrogen) atoms. The van der Waals surface area contributed by atoms with Crippen molar-refractivity contribution in [1.29, 1.82) is 0 Å². The molecule has 1 rings (SSSR count). The minimum Gasteiger partial charge on any atom is -0.482 e. The second-order valence-electron chi connectivity index (χ2n) is 5.36. The van der Waals surface area contributed by atoms with Gasteiger partial charge in [-0.2, -0.15) is 0 Å². The fourth-order valence-electron chi connectivity index (χ4n) is 1.90. The topological polar surface area (TPSA) is 90.9 Å². The van der Waals surface area contributed by atoms with Crippen molar-refractivity contribution in [3.05, 3.63) is 28.7 Å². The first-order valence-corrected chi connectivity index (χ1v) is 8.57. The number of ether oxygens (including phenoxy) is 3. The number of carbonyl (C=O) groups is 3. The molecule has 0 fully saturated rings. The second-order valence-corrected chi connectivity index (χ2v) is 6.28. The Kier molecular flexibility index (Phi) is 8.98. The summed E-state index contributed by atoms with van der Waals surface area (Å²) in [6.45, 7) is 2.89. The number of esters is 2. The van der Waals surface area contributed by atoms with Gasteiger partial charge in [0.2, 0.25) is 0 Å². The van der Waals surface area contributed by atoms with Crippen LogP contribution in [-0.2, 0) is 23.9 Å². The number of rotatable bonds is 9. The maximum Gasteiger partial charge on any atom is 0.344 e. The molecule has 0 saturated heterocycles. The summed E-state index contributed by atoms with van der Waals surface area (Å²) in [7, 11) is 1.25. The van der Waals surface area contributed by atoms with Crippen molar-refractivity contribution in [3.8, 4) is 5.75 Å². The molecular formula is C17H22BrNO6. The van der Waals surface area contributed by atoms with E-state index < -0.39 is 30.5 Å². The molecule has 1 N–H and O–H groups in total. The molecule has 1 aromatic rings. The average molecular weight is 416 g/mol. The van der Waals surface area contributed by atoms with Crippen molar-refractivity contribution in [2.24, 2.45) is 5.92 Å². The van der Waals surface area contributed by atoms with Gasteiger partial charge in [-0.05, 0) is 24.1 Å². The van der Waals surface area contributed by atoms with Gasteiger partial charge in [-0.15, -0.1) is 0 Å². The van der Waals surface area contributed by atoms with Crippen LogP contribution in [0.2, 0.25) is 0 Å². The Hall–Kier alpha value is -2.09. The number of hydrogen-bond donors (Lipinski definition) is 1. The van der Waals surface area contributed by atoms with Crippen LogP contribution in [0, 0.1) is 5.92 Å². The first kappa shape index (κ1) is 21.0. The first-order chi connectivity index (χ1) is 11.9. The third-order valence-electron chi connectivity index (χ3n) is 3.50. The van der Waals surface area contributed by atoms with Crippen molar-refractivity contribution in [1.82, 2.24) is 5.32 Å². The van der Waals surface area contributed by atoms with E-state index in [1.54, 1.807) is 18.2 Å². The molecule has 2 atom stereocenters. The van der Waals surface area contributed by atoms with Crippen LogP contribution < -0.4 is 10.1 Å². The maximum atomic E-state index is 11.9. The van der Waals surface area contributed by atoms with Crippen LogP contribution in [0.1, 0.15) is 20.3 Å². The molecule has 0 spiro atoms. The van der Waals surface area contributed by atoms with Gasteiger partial charge in [0.05, 0.1) is 7.11 Å². The molecule has 0 saturated carbocycles. The van der Waals surface area contributed by atoms with E-state index >= 15 is 0 Å². The molecule has 0 aliphatic heterocycles. The summed E-state index contributed by atoms with van der Waals surface area (Å²) in [6.07, 6.45) is 0.681. The van der Waals surface area contributed by atoms with E-state index in [2.05, 4.69) is 26.0 Å². The van der Waals surface area contributed by atoms with Crippen molar-refractivity contribution in [3.63, 3.8) is 0 Å². The van der Waals surface area contributed by atoms with Crippen molar-refractivity contribution >= 4 is 33.8 Å². The first-order valence-electron chi connectivity index (χ1n) is 7.78. The zero-order valence-corrected chi connectivity index (χ0v) is 16.0. The van der Waals surface area contributed by atoms with Crippen molar-refractivity contribution in [2.75, 3.05) is 20.3 Å². The molecule has 138 valence electrons. The Morgan fingerprint density at radius 3 is 2.56 bits per heavy atom. The summed E-state index contributed by atoms with van der Waals surface area (Å²) in [5.41, 5.74) is 0. The lowest BCUT2D eigenvalue weighted by Crippen LogP contribution is -2.47. The normalized spacial score (nSPS) is 12.6. The minimum absolute atomic E-state index is 0.105. The van der Waals surface area contributed by atoms with E-state index in [0.29, 0.717) is 12.2 Å². The molecule has 8 heteroatoms. The molecule has 0 aliphatic carbocycles. The SMILES string of the molecule is CC[C@@H](C)[C@H](NC(=O)COC(=O)COc1cccc(Br)c1)C(=O)OC. The molecule has 0 heterocycles. The van der Waals surface area contributed by atoms with E-state index in [0.717, 1.165) is 4.47 Å². The molecule has 0 aromatic heterocycles. The molecule has 0 bridgehead atoms. The van der Waals surface area contributed by atoms with E-state index in [9.17, 15) is 14.4 Å². The Bertz CT molecular complexity index is 607. The van der Waals surface area contributed by atoms with Crippen LogP contribution in [0.3, 0.4) is 0 Å².